The van der Waals surface area contributed by atoms with Crippen LogP contribution >= 0.6 is 0 Å². The van der Waals surface area contributed by atoms with Gasteiger partial charge >= 0.3 is 12.1 Å². The zero-order valence-corrected chi connectivity index (χ0v) is 28.9. The van der Waals surface area contributed by atoms with Crippen LogP contribution in [0.3, 0.4) is 0 Å². The number of aromatic hydroxyl groups is 1. The van der Waals surface area contributed by atoms with E-state index in [1.807, 2.05) is 72.8 Å². The minimum atomic E-state index is -1.05. The number of likely N-dealkylation sites (N-methyl/N-ethyl adjacent to an activating group) is 1. The van der Waals surface area contributed by atoms with Gasteiger partial charge in [0.05, 0.1) is 6.33 Å². The number of imidazole rings is 1. The maximum atomic E-state index is 14.2. The number of nitrogens with zero attached hydrogens (tertiary/aromatic N) is 2. The summed E-state index contributed by atoms with van der Waals surface area (Å²) in [6.07, 6.45) is 2.95. The molecule has 0 bridgehead atoms. The number of carboxylic acid groups (broad SMARTS) is 1. The van der Waals surface area contributed by atoms with Crippen LogP contribution in [0.1, 0.15) is 27.9 Å². The smallest absolute Gasteiger partial charge is 0.408 e. The molecule has 0 radical (unpaired) electrons. The van der Waals surface area contributed by atoms with Crippen molar-refractivity contribution >= 4 is 18.0 Å². The molecule has 12 heteroatoms. The molecule has 5 rings (SSSR count). The number of aliphatic carboxylic acids is 1. The Bertz CT molecular complexity index is 1850. The second-order valence-corrected chi connectivity index (χ2v) is 12.4. The average molecular weight is 706 g/mol. The molecule has 2 amide bonds. The molecule has 1 aromatic heterocycles. The van der Waals surface area contributed by atoms with Gasteiger partial charge in [-0.25, -0.2) is 9.78 Å². The number of aromatic amines is 1. The van der Waals surface area contributed by atoms with E-state index < -0.39 is 36.1 Å². The van der Waals surface area contributed by atoms with Crippen molar-refractivity contribution in [3.63, 3.8) is 0 Å². The Labute approximate surface area is 302 Å². The molecule has 0 saturated carbocycles. The van der Waals surface area contributed by atoms with Gasteiger partial charge in [-0.15, -0.1) is 0 Å². The first-order chi connectivity index (χ1) is 25.2. The maximum absolute atomic E-state index is 14.2. The fourth-order valence-corrected chi connectivity index (χ4v) is 5.69. The molecule has 5 N–H and O–H groups in total. The van der Waals surface area contributed by atoms with Crippen molar-refractivity contribution in [2.24, 2.45) is 0 Å². The van der Waals surface area contributed by atoms with Crippen LogP contribution in [0.2, 0.25) is 0 Å². The number of H-pyrrole nitrogens is 1. The van der Waals surface area contributed by atoms with Crippen LogP contribution in [0.15, 0.2) is 122 Å². The van der Waals surface area contributed by atoms with Gasteiger partial charge in [0.2, 0.25) is 5.91 Å². The molecule has 4 aromatic carbocycles. The number of carbonyl (C=O) groups excluding carboxylic acids is 2. The van der Waals surface area contributed by atoms with Crippen LogP contribution in [0, 0.1) is 0 Å². The van der Waals surface area contributed by atoms with Crippen molar-refractivity contribution < 1.29 is 34.1 Å². The number of nitrogens with one attached hydrogen (secondary N) is 3. The van der Waals surface area contributed by atoms with Gasteiger partial charge in [0.25, 0.3) is 0 Å². The lowest BCUT2D eigenvalue weighted by Gasteiger charge is -2.32. The second kappa shape index (κ2) is 18.7. The van der Waals surface area contributed by atoms with Crippen molar-refractivity contribution in [1.82, 2.24) is 25.5 Å². The van der Waals surface area contributed by atoms with Crippen LogP contribution < -0.4 is 15.4 Å². The van der Waals surface area contributed by atoms with Gasteiger partial charge in [0.1, 0.15) is 36.8 Å². The number of para-hydroxylation sites is 1. The zero-order chi connectivity index (χ0) is 36.7. The van der Waals surface area contributed by atoms with Crippen LogP contribution in [-0.2, 0) is 46.8 Å². The molecule has 12 nitrogen and oxygen atoms in total. The summed E-state index contributed by atoms with van der Waals surface area (Å²) in [4.78, 5) is 48.3. The van der Waals surface area contributed by atoms with Crippen LogP contribution in [0.4, 0.5) is 4.79 Å². The number of ether oxygens (including phenoxy) is 2. The quantitative estimate of drug-likeness (QED) is 0.0854. The van der Waals surface area contributed by atoms with Gasteiger partial charge in [-0.05, 0) is 47.7 Å². The highest BCUT2D eigenvalue weighted by molar-refractivity contribution is 5.86. The number of carboxylic acids is 1. The normalized spacial score (nSPS) is 12.6. The van der Waals surface area contributed by atoms with Gasteiger partial charge in [-0.2, -0.15) is 0 Å². The van der Waals surface area contributed by atoms with Crippen molar-refractivity contribution in [2.75, 3.05) is 13.6 Å². The highest BCUT2D eigenvalue weighted by atomic mass is 16.5. The molecule has 52 heavy (non-hydrogen) atoms. The van der Waals surface area contributed by atoms with Gasteiger partial charge in [-0.3, -0.25) is 9.59 Å². The molecule has 3 atom stereocenters. The SMILES string of the molecule is CN(C(=O)[C@@H](Cc1cnc[nH]1)NC(=O)OCc1ccccc1OCc1ccccc1)[C@H](CN[C@@H](Cc1ccccc1)C(=O)O)Cc1ccc(O)cc1. The maximum Gasteiger partial charge on any atom is 0.408 e. The third-order valence-corrected chi connectivity index (χ3v) is 8.62. The molecule has 0 fully saturated rings. The number of phenolic OH excluding ortho intramolecular Hbond substituents is 1. The number of rotatable bonds is 18. The van der Waals surface area contributed by atoms with E-state index in [9.17, 15) is 24.6 Å². The third-order valence-electron chi connectivity index (χ3n) is 8.62. The lowest BCUT2D eigenvalue weighted by Crippen LogP contribution is -2.55. The number of alkyl carbamates (subject to hydrolysis) is 1. The van der Waals surface area contributed by atoms with Crippen molar-refractivity contribution in [1.29, 1.82) is 0 Å². The Balaban J connectivity index is 1.29. The van der Waals surface area contributed by atoms with Gasteiger partial charge in [-0.1, -0.05) is 91.0 Å². The summed E-state index contributed by atoms with van der Waals surface area (Å²) >= 11 is 0. The summed E-state index contributed by atoms with van der Waals surface area (Å²) in [7, 11) is 1.62. The molecule has 270 valence electrons. The Hall–Kier alpha value is -6.14. The van der Waals surface area contributed by atoms with E-state index in [1.54, 1.807) is 49.6 Å². The number of hydrogen-bond donors (Lipinski definition) is 5. The predicted molar refractivity (Wildman–Crippen MR) is 195 cm³/mol. The van der Waals surface area contributed by atoms with E-state index in [4.69, 9.17) is 9.47 Å². The van der Waals surface area contributed by atoms with E-state index in [1.165, 1.54) is 11.2 Å². The monoisotopic (exact) mass is 705 g/mol. The summed E-state index contributed by atoms with van der Waals surface area (Å²) in [5.74, 6) is -0.765. The molecule has 0 aliphatic rings. The Kier molecular flexibility index (Phi) is 13.4. The zero-order valence-electron chi connectivity index (χ0n) is 28.9. The Morgan fingerprint density at radius 1 is 0.788 bits per heavy atom. The van der Waals surface area contributed by atoms with Crippen LogP contribution in [-0.4, -0.2) is 74.8 Å². The number of aromatic nitrogens is 2. The number of carbonyl (C=O) groups is 3. The fourth-order valence-electron chi connectivity index (χ4n) is 5.69. The van der Waals surface area contributed by atoms with Crippen molar-refractivity contribution in [3.05, 3.63) is 150 Å². The molecule has 0 aliphatic carbocycles. The van der Waals surface area contributed by atoms with E-state index in [2.05, 4.69) is 20.6 Å². The fraction of sp³-hybridized carbons (Fsp3) is 0.250. The topological polar surface area (TPSA) is 166 Å². The molecule has 0 spiro atoms. The first-order valence-electron chi connectivity index (χ1n) is 16.9. The molecule has 0 saturated heterocycles. The predicted octanol–water partition coefficient (Wildman–Crippen LogP) is 4.89. The number of hydrogen-bond acceptors (Lipinski definition) is 8. The van der Waals surface area contributed by atoms with Gasteiger partial charge < -0.3 is 40.2 Å². The highest BCUT2D eigenvalue weighted by Gasteiger charge is 2.31. The van der Waals surface area contributed by atoms with E-state index >= 15 is 0 Å². The first-order valence-corrected chi connectivity index (χ1v) is 16.9. The summed E-state index contributed by atoms with van der Waals surface area (Å²) in [5.41, 5.74) is 3.95. The van der Waals surface area contributed by atoms with Crippen molar-refractivity contribution in [3.8, 4) is 11.5 Å². The van der Waals surface area contributed by atoms with E-state index in [-0.39, 0.29) is 31.7 Å². The summed E-state index contributed by atoms with van der Waals surface area (Å²) < 4.78 is 11.6. The summed E-state index contributed by atoms with van der Waals surface area (Å²) in [6.45, 7) is 0.383. The van der Waals surface area contributed by atoms with Crippen molar-refractivity contribution in [2.45, 2.75) is 50.6 Å². The lowest BCUT2D eigenvalue weighted by molar-refractivity contribution is -0.139. The van der Waals surface area contributed by atoms with Crippen LogP contribution in [0.25, 0.3) is 0 Å². The van der Waals surface area contributed by atoms with E-state index in [0.717, 1.165) is 16.7 Å². The highest BCUT2D eigenvalue weighted by Crippen LogP contribution is 2.21. The summed E-state index contributed by atoms with van der Waals surface area (Å²) in [6, 6.07) is 30.4. The number of benzene rings is 4. The minimum Gasteiger partial charge on any atom is -0.508 e. The van der Waals surface area contributed by atoms with Gasteiger partial charge in [0.15, 0.2) is 0 Å². The van der Waals surface area contributed by atoms with E-state index in [0.29, 0.717) is 30.0 Å². The number of phenols is 1. The number of amides is 2. The molecular weight excluding hydrogens is 662 g/mol. The lowest BCUT2D eigenvalue weighted by atomic mass is 10.0. The Morgan fingerprint density at radius 3 is 2.12 bits per heavy atom. The third kappa shape index (κ3) is 11.2. The standard InChI is InChI=1S/C40H43N5O7/c1-45(33(20-29-16-18-34(46)19-17-29)24-42-36(39(48)49)21-28-10-4-2-5-11-28)38(47)35(22-32-23-41-27-43-32)44-40(50)52-26-31-14-8-9-15-37(31)51-25-30-12-6-3-7-13-30/h2-19,23,27,33,35-36,42,46H,20-22,24-26H2,1H3,(H,41,43)(H,44,50)(H,48,49)/t33-,35+,36-/m0/s1. The van der Waals surface area contributed by atoms with Crippen LogP contribution in [0.5, 0.6) is 11.5 Å². The molecule has 5 aromatic rings. The average Bonchev–Trinajstić information content (AvgIpc) is 3.68. The summed E-state index contributed by atoms with van der Waals surface area (Å²) in [5, 5.41) is 25.7. The van der Waals surface area contributed by atoms with Gasteiger partial charge in [0, 0.05) is 43.5 Å². The largest absolute Gasteiger partial charge is 0.508 e. The molecule has 0 aliphatic heterocycles. The second-order valence-electron chi connectivity index (χ2n) is 12.4. The Morgan fingerprint density at radius 2 is 1.44 bits per heavy atom. The minimum absolute atomic E-state index is 0.0943. The molecular formula is C40H43N5O7. The molecule has 1 heterocycles. The first kappa shape index (κ1) is 37.1. The molecule has 0 unspecified atom stereocenters.